The van der Waals surface area contributed by atoms with E-state index in [1.165, 1.54) is 0 Å². The Morgan fingerprint density at radius 1 is 1.41 bits per heavy atom. The molecule has 0 aliphatic carbocycles. The maximum Gasteiger partial charge on any atom is 0.157 e. The van der Waals surface area contributed by atoms with Crippen LogP contribution in [-0.4, -0.2) is 55.4 Å². The van der Waals surface area contributed by atoms with Gasteiger partial charge in [0.1, 0.15) is 17.5 Å². The van der Waals surface area contributed by atoms with E-state index in [2.05, 4.69) is 34.3 Å². The molecule has 1 rings (SSSR count). The number of ether oxygens (including phenoxy) is 1. The maximum absolute atomic E-state index is 5.05. The molecule has 0 bridgehead atoms. The second-order valence-electron chi connectivity index (χ2n) is 3.84. The summed E-state index contributed by atoms with van der Waals surface area (Å²) in [5, 5.41) is 4.02. The van der Waals surface area contributed by atoms with Crippen LogP contribution in [0.2, 0.25) is 0 Å². The van der Waals surface area contributed by atoms with Crippen molar-refractivity contribution in [2.45, 2.75) is 11.6 Å². The van der Waals surface area contributed by atoms with Gasteiger partial charge < -0.3 is 15.0 Å². The largest absolute Gasteiger partial charge is 0.377 e. The highest BCUT2D eigenvalue weighted by molar-refractivity contribution is 7.99. The summed E-state index contributed by atoms with van der Waals surface area (Å²) < 4.78 is 5.05. The minimum atomic E-state index is 0.441. The van der Waals surface area contributed by atoms with Crippen LogP contribution in [0.25, 0.3) is 0 Å². The number of rotatable bonds is 7. The average Bonchev–Trinajstić information content (AvgIpc) is 2.28. The topological polar surface area (TPSA) is 50.3 Å². The molecule has 1 aromatic rings. The molecule has 96 valence electrons. The van der Waals surface area contributed by atoms with E-state index in [4.69, 9.17) is 4.74 Å². The SMILES string of the molecule is CNc1cc(SCCN(C)C)nc(COC)n1. The van der Waals surface area contributed by atoms with Crippen molar-refractivity contribution in [2.24, 2.45) is 0 Å². The van der Waals surface area contributed by atoms with Crippen molar-refractivity contribution in [3.8, 4) is 0 Å². The summed E-state index contributed by atoms with van der Waals surface area (Å²) in [6.45, 7) is 1.47. The molecule has 0 spiro atoms. The van der Waals surface area contributed by atoms with Gasteiger partial charge in [-0.25, -0.2) is 9.97 Å². The minimum Gasteiger partial charge on any atom is -0.377 e. The molecule has 5 nitrogen and oxygen atoms in total. The van der Waals surface area contributed by atoms with Gasteiger partial charge in [-0.15, -0.1) is 11.8 Å². The third-order valence-corrected chi connectivity index (χ3v) is 2.96. The standard InChI is InChI=1S/C11H20N4OS/c1-12-9-7-11(17-6-5-15(2)3)14-10(13-9)8-16-4/h7H,5-6,8H2,1-4H3,(H,12,13,14). The highest BCUT2D eigenvalue weighted by Crippen LogP contribution is 2.18. The van der Waals surface area contributed by atoms with Crippen molar-refractivity contribution in [1.29, 1.82) is 0 Å². The van der Waals surface area contributed by atoms with Crippen molar-refractivity contribution < 1.29 is 4.74 Å². The fourth-order valence-corrected chi connectivity index (χ4v) is 2.23. The summed E-state index contributed by atoms with van der Waals surface area (Å²) >= 11 is 1.73. The van der Waals surface area contributed by atoms with Crippen LogP contribution in [0, 0.1) is 0 Å². The van der Waals surface area contributed by atoms with Gasteiger partial charge in [0, 0.05) is 32.5 Å². The number of hydrogen-bond acceptors (Lipinski definition) is 6. The average molecular weight is 256 g/mol. The molecule has 0 radical (unpaired) electrons. The normalized spacial score (nSPS) is 10.9. The van der Waals surface area contributed by atoms with Gasteiger partial charge in [-0.3, -0.25) is 0 Å². The van der Waals surface area contributed by atoms with Crippen molar-refractivity contribution in [3.63, 3.8) is 0 Å². The first-order chi connectivity index (χ1) is 8.15. The van der Waals surface area contributed by atoms with Crippen molar-refractivity contribution in [2.75, 3.05) is 45.9 Å². The van der Waals surface area contributed by atoms with Crippen LogP contribution in [0.15, 0.2) is 11.1 Å². The molecule has 0 saturated carbocycles. The van der Waals surface area contributed by atoms with Gasteiger partial charge in [0.05, 0.1) is 0 Å². The van der Waals surface area contributed by atoms with Gasteiger partial charge in [0.25, 0.3) is 0 Å². The summed E-state index contributed by atoms with van der Waals surface area (Å²) in [4.78, 5) is 10.9. The third-order valence-electron chi connectivity index (χ3n) is 2.07. The van der Waals surface area contributed by atoms with Crippen LogP contribution in [0.5, 0.6) is 0 Å². The lowest BCUT2D eigenvalue weighted by molar-refractivity contribution is 0.177. The third kappa shape index (κ3) is 5.34. The van der Waals surface area contributed by atoms with E-state index < -0.39 is 0 Å². The van der Waals surface area contributed by atoms with Gasteiger partial charge in [0.2, 0.25) is 0 Å². The quantitative estimate of drug-likeness (QED) is 0.586. The van der Waals surface area contributed by atoms with E-state index in [9.17, 15) is 0 Å². The lowest BCUT2D eigenvalue weighted by Crippen LogP contribution is -2.15. The Morgan fingerprint density at radius 2 is 2.18 bits per heavy atom. The molecule has 0 saturated heterocycles. The molecule has 1 N–H and O–H groups in total. The van der Waals surface area contributed by atoms with Crippen LogP contribution in [0.1, 0.15) is 5.82 Å². The Bertz CT molecular complexity index is 346. The fourth-order valence-electron chi connectivity index (χ4n) is 1.20. The highest BCUT2D eigenvalue weighted by atomic mass is 32.2. The summed E-state index contributed by atoms with van der Waals surface area (Å²) in [5.41, 5.74) is 0. The van der Waals surface area contributed by atoms with Crippen LogP contribution < -0.4 is 5.32 Å². The molecule has 0 aliphatic rings. The second-order valence-corrected chi connectivity index (χ2v) is 4.96. The number of nitrogens with one attached hydrogen (secondary N) is 1. The van der Waals surface area contributed by atoms with Gasteiger partial charge in [-0.1, -0.05) is 0 Å². The Labute approximate surface area is 107 Å². The molecule has 0 amide bonds. The summed E-state index contributed by atoms with van der Waals surface area (Å²) in [6.07, 6.45) is 0. The van der Waals surface area contributed by atoms with Crippen LogP contribution in [0.3, 0.4) is 0 Å². The van der Waals surface area contributed by atoms with E-state index >= 15 is 0 Å². The number of anilines is 1. The smallest absolute Gasteiger partial charge is 0.157 e. The molecule has 17 heavy (non-hydrogen) atoms. The second kappa shape index (κ2) is 7.47. The fraction of sp³-hybridized carbons (Fsp3) is 0.636. The molecule has 1 heterocycles. The lowest BCUT2D eigenvalue weighted by Gasteiger charge is -2.10. The van der Waals surface area contributed by atoms with E-state index in [1.54, 1.807) is 18.9 Å². The predicted octanol–water partition coefficient (Wildman–Crippen LogP) is 1.32. The zero-order valence-corrected chi connectivity index (χ0v) is 11.7. The van der Waals surface area contributed by atoms with Gasteiger partial charge in [0.15, 0.2) is 5.82 Å². The van der Waals surface area contributed by atoms with Gasteiger partial charge in [-0.2, -0.15) is 0 Å². The number of methoxy groups -OCH3 is 1. The van der Waals surface area contributed by atoms with Crippen LogP contribution >= 0.6 is 11.8 Å². The first-order valence-corrected chi connectivity index (χ1v) is 6.46. The van der Waals surface area contributed by atoms with Crippen molar-refractivity contribution in [3.05, 3.63) is 11.9 Å². The Hall–Kier alpha value is -0.850. The van der Waals surface area contributed by atoms with Crippen molar-refractivity contribution >= 4 is 17.6 Å². The molecule has 1 aromatic heterocycles. The van der Waals surface area contributed by atoms with Crippen molar-refractivity contribution in [1.82, 2.24) is 14.9 Å². The van der Waals surface area contributed by atoms with Crippen LogP contribution in [0.4, 0.5) is 5.82 Å². The number of hydrogen-bond donors (Lipinski definition) is 1. The molecule has 0 aromatic carbocycles. The zero-order chi connectivity index (χ0) is 12.7. The lowest BCUT2D eigenvalue weighted by atomic mass is 10.5. The monoisotopic (exact) mass is 256 g/mol. The van der Waals surface area contributed by atoms with E-state index in [0.717, 1.165) is 23.1 Å². The highest BCUT2D eigenvalue weighted by Gasteiger charge is 2.04. The first kappa shape index (κ1) is 14.2. The number of aromatic nitrogens is 2. The van der Waals surface area contributed by atoms with Gasteiger partial charge in [-0.05, 0) is 14.1 Å². The number of thioether (sulfide) groups is 1. The molecule has 0 atom stereocenters. The Morgan fingerprint density at radius 3 is 2.76 bits per heavy atom. The predicted molar refractivity (Wildman–Crippen MR) is 71.6 cm³/mol. The summed E-state index contributed by atoms with van der Waals surface area (Å²) in [6, 6.07) is 1.96. The van der Waals surface area contributed by atoms with E-state index in [0.29, 0.717) is 12.4 Å². The molecular weight excluding hydrogens is 236 g/mol. The molecule has 0 fully saturated rings. The van der Waals surface area contributed by atoms with Gasteiger partial charge >= 0.3 is 0 Å². The van der Waals surface area contributed by atoms with E-state index in [-0.39, 0.29) is 0 Å². The first-order valence-electron chi connectivity index (χ1n) is 5.48. The summed E-state index contributed by atoms with van der Waals surface area (Å²) in [5.74, 6) is 2.56. The molecule has 6 heteroatoms. The Kier molecular flexibility index (Phi) is 6.25. The van der Waals surface area contributed by atoms with Crippen LogP contribution in [-0.2, 0) is 11.3 Å². The summed E-state index contributed by atoms with van der Waals surface area (Å²) in [7, 11) is 7.63. The maximum atomic E-state index is 5.05. The molecule has 0 aliphatic heterocycles. The van der Waals surface area contributed by atoms with E-state index in [1.807, 2.05) is 13.1 Å². The Balaban J connectivity index is 2.66. The minimum absolute atomic E-state index is 0.441. The molecule has 0 unspecified atom stereocenters. The molecular formula is C11H20N4OS. The number of nitrogens with zero attached hydrogens (tertiary/aromatic N) is 3. The zero-order valence-electron chi connectivity index (χ0n) is 10.9.